The van der Waals surface area contributed by atoms with Gasteiger partial charge >= 0.3 is 0 Å². The summed E-state index contributed by atoms with van der Waals surface area (Å²) < 4.78 is 1.65. The highest BCUT2D eigenvalue weighted by Gasteiger charge is 2.20. The molecule has 1 aromatic carbocycles. The number of rotatable bonds is 4. The van der Waals surface area contributed by atoms with E-state index in [1.165, 1.54) is 5.56 Å². The highest BCUT2D eigenvalue weighted by Crippen LogP contribution is 2.16. The zero-order valence-corrected chi connectivity index (χ0v) is 14.0. The Morgan fingerprint density at radius 3 is 2.50 bits per heavy atom. The molecule has 5 heteroatoms. The van der Waals surface area contributed by atoms with Gasteiger partial charge in [0.05, 0.1) is 12.9 Å². The average molecular weight is 324 g/mol. The third-order valence-electron chi connectivity index (χ3n) is 5.15. The fourth-order valence-electron chi connectivity index (χ4n) is 3.72. The lowest BCUT2D eigenvalue weighted by molar-refractivity contribution is 0.0968. The van der Waals surface area contributed by atoms with Crippen molar-refractivity contribution in [3.8, 4) is 0 Å². The average Bonchev–Trinajstić information content (AvgIpc) is 3.10. The molecular weight excluding hydrogens is 300 g/mol. The van der Waals surface area contributed by atoms with E-state index in [4.69, 9.17) is 0 Å². The molecule has 4 rings (SSSR count). The van der Waals surface area contributed by atoms with Crippen molar-refractivity contribution in [3.63, 3.8) is 0 Å². The van der Waals surface area contributed by atoms with Crippen LogP contribution in [0.1, 0.15) is 23.1 Å². The van der Waals surface area contributed by atoms with E-state index in [0.717, 1.165) is 63.1 Å². The Morgan fingerprint density at radius 1 is 0.958 bits per heavy atom. The fraction of sp³-hybridized carbons (Fsp3) is 0.474. The van der Waals surface area contributed by atoms with Crippen LogP contribution in [-0.2, 0) is 26.1 Å². The maximum absolute atomic E-state index is 12.5. The van der Waals surface area contributed by atoms with Crippen molar-refractivity contribution in [2.45, 2.75) is 32.5 Å². The molecule has 0 radical (unpaired) electrons. The van der Waals surface area contributed by atoms with E-state index in [9.17, 15) is 4.79 Å². The summed E-state index contributed by atoms with van der Waals surface area (Å²) in [7, 11) is 0. The fourth-order valence-corrected chi connectivity index (χ4v) is 3.72. The van der Waals surface area contributed by atoms with Crippen molar-refractivity contribution in [2.75, 3.05) is 26.2 Å². The molecule has 2 aromatic rings. The van der Waals surface area contributed by atoms with Gasteiger partial charge in [0, 0.05) is 38.3 Å². The summed E-state index contributed by atoms with van der Waals surface area (Å²) in [6.07, 6.45) is 4.92. The number of hydrogen-bond donors (Lipinski definition) is 0. The van der Waals surface area contributed by atoms with Crippen LogP contribution in [0.3, 0.4) is 0 Å². The molecule has 126 valence electrons. The highest BCUT2D eigenvalue weighted by molar-refractivity contribution is 5.25. The molecule has 0 saturated carbocycles. The second-order valence-electron chi connectivity index (χ2n) is 6.83. The van der Waals surface area contributed by atoms with Crippen LogP contribution >= 0.6 is 0 Å². The summed E-state index contributed by atoms with van der Waals surface area (Å²) in [5.74, 6) is 0. The number of fused-ring (bicyclic) bond motifs is 1. The number of nitrogens with zero attached hydrogens (tertiary/aromatic N) is 4. The monoisotopic (exact) mass is 324 g/mol. The van der Waals surface area contributed by atoms with Gasteiger partial charge in [0.15, 0.2) is 0 Å². The minimum absolute atomic E-state index is 0.122. The summed E-state index contributed by atoms with van der Waals surface area (Å²) >= 11 is 0. The summed E-state index contributed by atoms with van der Waals surface area (Å²) in [5.41, 5.74) is 3.64. The standard InChI is InChI=1S/C19H24N4O/c24-19-18-8-4-7-17(18)13-20-23(19)15-22-11-9-21(10-12-22)14-16-5-2-1-3-6-16/h1-3,5-6,13H,4,7-12,14-15H2. The molecule has 1 saturated heterocycles. The molecule has 0 atom stereocenters. The van der Waals surface area contributed by atoms with Crippen molar-refractivity contribution < 1.29 is 0 Å². The number of piperazine rings is 1. The van der Waals surface area contributed by atoms with Crippen LogP contribution in [0, 0.1) is 0 Å². The van der Waals surface area contributed by atoms with Gasteiger partial charge in [-0.2, -0.15) is 5.10 Å². The highest BCUT2D eigenvalue weighted by atomic mass is 16.1. The molecule has 1 aromatic heterocycles. The van der Waals surface area contributed by atoms with Crippen molar-refractivity contribution in [3.05, 3.63) is 63.6 Å². The molecule has 1 fully saturated rings. The first kappa shape index (κ1) is 15.5. The van der Waals surface area contributed by atoms with Crippen LogP contribution in [0.4, 0.5) is 0 Å². The Hall–Kier alpha value is -1.98. The van der Waals surface area contributed by atoms with Crippen LogP contribution < -0.4 is 5.56 Å². The van der Waals surface area contributed by atoms with E-state index in [2.05, 4.69) is 45.2 Å². The molecule has 24 heavy (non-hydrogen) atoms. The minimum atomic E-state index is 0.122. The molecule has 1 aliphatic heterocycles. The molecule has 0 spiro atoms. The van der Waals surface area contributed by atoms with Crippen molar-refractivity contribution >= 4 is 0 Å². The van der Waals surface area contributed by atoms with Gasteiger partial charge in [-0.3, -0.25) is 14.6 Å². The van der Waals surface area contributed by atoms with E-state index in [1.807, 2.05) is 6.20 Å². The Balaban J connectivity index is 1.35. The molecule has 0 unspecified atom stereocenters. The van der Waals surface area contributed by atoms with E-state index in [1.54, 1.807) is 4.68 Å². The summed E-state index contributed by atoms with van der Waals surface area (Å²) in [6.45, 7) is 5.66. The summed E-state index contributed by atoms with van der Waals surface area (Å²) in [4.78, 5) is 17.3. The van der Waals surface area contributed by atoms with Crippen LogP contribution in [0.15, 0.2) is 41.3 Å². The topological polar surface area (TPSA) is 41.4 Å². The predicted molar refractivity (Wildman–Crippen MR) is 93.8 cm³/mol. The smallest absolute Gasteiger partial charge is 0.271 e. The second-order valence-corrected chi connectivity index (χ2v) is 6.83. The van der Waals surface area contributed by atoms with Crippen LogP contribution in [-0.4, -0.2) is 45.8 Å². The van der Waals surface area contributed by atoms with Gasteiger partial charge in [-0.05, 0) is 30.4 Å². The predicted octanol–water partition coefficient (Wildman–Crippen LogP) is 1.51. The van der Waals surface area contributed by atoms with Crippen molar-refractivity contribution in [2.24, 2.45) is 0 Å². The number of aryl methyl sites for hydroxylation is 1. The lowest BCUT2D eigenvalue weighted by Crippen LogP contribution is -2.47. The number of aromatic nitrogens is 2. The summed E-state index contributed by atoms with van der Waals surface area (Å²) in [5, 5.41) is 4.38. The summed E-state index contributed by atoms with van der Waals surface area (Å²) in [6, 6.07) is 10.6. The third kappa shape index (κ3) is 3.28. The van der Waals surface area contributed by atoms with Crippen LogP contribution in [0.5, 0.6) is 0 Å². The molecule has 0 amide bonds. The molecule has 1 aliphatic carbocycles. The van der Waals surface area contributed by atoms with Crippen LogP contribution in [0.2, 0.25) is 0 Å². The maximum Gasteiger partial charge on any atom is 0.271 e. The van der Waals surface area contributed by atoms with Gasteiger partial charge < -0.3 is 0 Å². The first-order valence-electron chi connectivity index (χ1n) is 8.86. The molecule has 5 nitrogen and oxygen atoms in total. The zero-order chi connectivity index (χ0) is 16.4. The molecule has 2 aliphatic rings. The lowest BCUT2D eigenvalue weighted by atomic mass is 10.2. The number of hydrogen-bond acceptors (Lipinski definition) is 4. The third-order valence-corrected chi connectivity index (χ3v) is 5.15. The maximum atomic E-state index is 12.5. The van der Waals surface area contributed by atoms with E-state index >= 15 is 0 Å². The minimum Gasteiger partial charge on any atom is -0.297 e. The van der Waals surface area contributed by atoms with Gasteiger partial charge in [0.25, 0.3) is 5.56 Å². The van der Waals surface area contributed by atoms with Crippen molar-refractivity contribution in [1.82, 2.24) is 19.6 Å². The van der Waals surface area contributed by atoms with Gasteiger partial charge in [0.1, 0.15) is 0 Å². The zero-order valence-electron chi connectivity index (χ0n) is 14.0. The molecule has 2 heterocycles. The lowest BCUT2D eigenvalue weighted by Gasteiger charge is -2.34. The number of benzene rings is 1. The Bertz CT molecular complexity index is 748. The van der Waals surface area contributed by atoms with E-state index < -0.39 is 0 Å². The Kier molecular flexibility index (Phi) is 4.45. The van der Waals surface area contributed by atoms with Gasteiger partial charge in [-0.25, -0.2) is 4.68 Å². The van der Waals surface area contributed by atoms with Crippen LogP contribution in [0.25, 0.3) is 0 Å². The van der Waals surface area contributed by atoms with E-state index in [-0.39, 0.29) is 5.56 Å². The molecule has 0 N–H and O–H groups in total. The SMILES string of the molecule is O=c1c2c(cnn1CN1CCN(Cc3ccccc3)CC1)CCC2. The van der Waals surface area contributed by atoms with E-state index in [0.29, 0.717) is 6.67 Å². The first-order chi connectivity index (χ1) is 11.8. The molecule has 0 bridgehead atoms. The Morgan fingerprint density at radius 2 is 1.71 bits per heavy atom. The van der Waals surface area contributed by atoms with Gasteiger partial charge in [-0.1, -0.05) is 30.3 Å². The normalized spacial score (nSPS) is 18.7. The first-order valence-corrected chi connectivity index (χ1v) is 8.86. The Labute approximate surface area is 142 Å². The quantitative estimate of drug-likeness (QED) is 0.855. The largest absolute Gasteiger partial charge is 0.297 e. The van der Waals surface area contributed by atoms with Gasteiger partial charge in [-0.15, -0.1) is 0 Å². The van der Waals surface area contributed by atoms with Gasteiger partial charge in [0.2, 0.25) is 0 Å². The molecular formula is C19H24N4O. The van der Waals surface area contributed by atoms with Crippen molar-refractivity contribution in [1.29, 1.82) is 0 Å². The second kappa shape index (κ2) is 6.87.